The lowest BCUT2D eigenvalue weighted by molar-refractivity contribution is 0.102. The van der Waals surface area contributed by atoms with E-state index in [1.807, 2.05) is 36.4 Å². The van der Waals surface area contributed by atoms with Crippen molar-refractivity contribution in [3.63, 3.8) is 0 Å². The highest BCUT2D eigenvalue weighted by Gasteiger charge is 2.16. The first kappa shape index (κ1) is 23.7. The Bertz CT molecular complexity index is 1650. The molecule has 184 valence electrons. The Hall–Kier alpha value is -4.98. The predicted octanol–water partition coefficient (Wildman–Crippen LogP) is 4.64. The fraction of sp³-hybridized carbons (Fsp3) is 0.103. The average Bonchev–Trinajstić information content (AvgIpc) is 2.93. The third kappa shape index (κ3) is 4.90. The van der Waals surface area contributed by atoms with Crippen LogP contribution in [0, 0.1) is 0 Å². The van der Waals surface area contributed by atoms with Gasteiger partial charge in [-0.25, -0.2) is 9.97 Å². The van der Waals surface area contributed by atoms with Gasteiger partial charge in [-0.1, -0.05) is 36.4 Å². The van der Waals surface area contributed by atoms with Crippen LogP contribution in [0.5, 0.6) is 11.5 Å². The van der Waals surface area contributed by atoms with Crippen LogP contribution in [0.25, 0.3) is 16.9 Å². The number of rotatable bonds is 7. The van der Waals surface area contributed by atoms with Crippen LogP contribution >= 0.6 is 0 Å². The van der Waals surface area contributed by atoms with Crippen molar-refractivity contribution in [3.8, 4) is 17.2 Å². The zero-order chi connectivity index (χ0) is 25.8. The molecule has 8 nitrogen and oxygen atoms in total. The Morgan fingerprint density at radius 3 is 2.49 bits per heavy atom. The molecule has 1 amide bonds. The molecule has 0 fully saturated rings. The van der Waals surface area contributed by atoms with Gasteiger partial charge < -0.3 is 14.8 Å². The zero-order valence-electron chi connectivity index (χ0n) is 20.3. The highest BCUT2D eigenvalue weighted by Crippen LogP contribution is 2.28. The molecule has 1 N–H and O–H groups in total. The molecule has 0 spiro atoms. The van der Waals surface area contributed by atoms with Crippen molar-refractivity contribution >= 4 is 22.8 Å². The van der Waals surface area contributed by atoms with E-state index in [-0.39, 0.29) is 11.5 Å². The van der Waals surface area contributed by atoms with Crippen LogP contribution in [-0.4, -0.2) is 34.7 Å². The number of amides is 1. The number of carbonyl (C=O) groups is 1. The molecule has 0 bridgehead atoms. The molecular weight excluding hydrogens is 468 g/mol. The van der Waals surface area contributed by atoms with Gasteiger partial charge >= 0.3 is 0 Å². The molecular formula is C29H24N4O4. The Morgan fingerprint density at radius 1 is 0.892 bits per heavy atom. The summed E-state index contributed by atoms with van der Waals surface area (Å²) in [5.41, 5.74) is 3.66. The molecule has 0 aliphatic heterocycles. The number of pyridine rings is 1. The number of ether oxygens (including phenoxy) is 2. The van der Waals surface area contributed by atoms with Gasteiger partial charge in [-0.3, -0.25) is 14.2 Å². The van der Waals surface area contributed by atoms with E-state index in [4.69, 9.17) is 9.47 Å². The maximum absolute atomic E-state index is 13.6. The Balaban J connectivity index is 1.52. The lowest BCUT2D eigenvalue weighted by Gasteiger charge is -2.14. The Morgan fingerprint density at radius 2 is 1.70 bits per heavy atom. The number of nitrogens with one attached hydrogen (secondary N) is 1. The lowest BCUT2D eigenvalue weighted by Crippen LogP contribution is -2.25. The van der Waals surface area contributed by atoms with Crippen molar-refractivity contribution in [3.05, 3.63) is 118 Å². The van der Waals surface area contributed by atoms with E-state index in [1.54, 1.807) is 54.7 Å². The van der Waals surface area contributed by atoms with Crippen molar-refractivity contribution in [1.82, 2.24) is 14.5 Å². The number of fused-ring (bicyclic) bond motifs is 1. The van der Waals surface area contributed by atoms with E-state index < -0.39 is 0 Å². The number of nitrogens with zero attached hydrogens (tertiary/aromatic N) is 3. The Kier molecular flexibility index (Phi) is 6.63. The van der Waals surface area contributed by atoms with Gasteiger partial charge in [0.1, 0.15) is 11.2 Å². The zero-order valence-corrected chi connectivity index (χ0v) is 20.3. The molecule has 0 radical (unpaired) electrons. The number of carbonyl (C=O) groups excluding carboxylic acids is 1. The van der Waals surface area contributed by atoms with Crippen LogP contribution in [0.15, 0.2) is 95.9 Å². The molecule has 5 aromatic rings. The molecule has 5 rings (SSSR count). The van der Waals surface area contributed by atoms with Gasteiger partial charge in [0.15, 0.2) is 17.1 Å². The summed E-state index contributed by atoms with van der Waals surface area (Å²) >= 11 is 0. The number of benzene rings is 3. The van der Waals surface area contributed by atoms with Gasteiger partial charge in [-0.05, 0) is 54.1 Å². The van der Waals surface area contributed by atoms with E-state index in [0.717, 1.165) is 5.56 Å². The summed E-state index contributed by atoms with van der Waals surface area (Å²) in [6, 6.07) is 25.3. The second kappa shape index (κ2) is 10.3. The van der Waals surface area contributed by atoms with Gasteiger partial charge in [-0.2, -0.15) is 0 Å². The third-order valence-electron chi connectivity index (χ3n) is 5.91. The maximum atomic E-state index is 13.6. The number of hydrogen-bond donors (Lipinski definition) is 1. The van der Waals surface area contributed by atoms with Crippen molar-refractivity contribution in [2.45, 2.75) is 6.42 Å². The minimum absolute atomic E-state index is 0.265. The van der Waals surface area contributed by atoms with E-state index in [9.17, 15) is 9.59 Å². The van der Waals surface area contributed by atoms with E-state index in [1.165, 1.54) is 18.8 Å². The number of hydrogen-bond acceptors (Lipinski definition) is 6. The molecule has 2 heterocycles. The monoisotopic (exact) mass is 492 g/mol. The molecule has 0 unspecified atom stereocenters. The summed E-state index contributed by atoms with van der Waals surface area (Å²) in [5, 5.41) is 2.89. The molecule has 0 atom stereocenters. The van der Waals surface area contributed by atoms with Crippen LogP contribution in [0.1, 0.15) is 21.6 Å². The highest BCUT2D eigenvalue weighted by atomic mass is 16.5. The molecule has 0 aliphatic rings. The van der Waals surface area contributed by atoms with E-state index in [2.05, 4.69) is 15.3 Å². The molecule has 8 heteroatoms. The van der Waals surface area contributed by atoms with Gasteiger partial charge in [0.2, 0.25) is 0 Å². The van der Waals surface area contributed by atoms with Crippen molar-refractivity contribution in [2.75, 3.05) is 19.5 Å². The highest BCUT2D eigenvalue weighted by molar-refractivity contribution is 6.04. The smallest absolute Gasteiger partial charge is 0.278 e. The largest absolute Gasteiger partial charge is 0.493 e. The first-order chi connectivity index (χ1) is 18.1. The van der Waals surface area contributed by atoms with Gasteiger partial charge in [-0.15, -0.1) is 0 Å². The summed E-state index contributed by atoms with van der Waals surface area (Å²) < 4.78 is 12.1. The standard InChI is InChI=1S/C29H24N4O4/c1-36-25-14-13-20(17-26(25)37-2)28(34)31-21-10-6-11-22(18-21)33-27-23(12-7-15-30-27)32-24(29(33)35)16-19-8-4-3-5-9-19/h3-15,17-18H,16H2,1-2H3,(H,31,34). The first-order valence-corrected chi connectivity index (χ1v) is 11.6. The second-order valence-electron chi connectivity index (χ2n) is 8.28. The molecule has 3 aromatic carbocycles. The van der Waals surface area contributed by atoms with Gasteiger partial charge in [0.05, 0.1) is 19.9 Å². The normalized spacial score (nSPS) is 10.8. The van der Waals surface area contributed by atoms with Crippen LogP contribution in [0.4, 0.5) is 5.69 Å². The summed E-state index contributed by atoms with van der Waals surface area (Å²) in [7, 11) is 3.05. The molecule has 37 heavy (non-hydrogen) atoms. The fourth-order valence-corrected chi connectivity index (χ4v) is 4.11. The van der Waals surface area contributed by atoms with Crippen molar-refractivity contribution < 1.29 is 14.3 Å². The second-order valence-corrected chi connectivity index (χ2v) is 8.28. The van der Waals surface area contributed by atoms with Crippen molar-refractivity contribution in [1.29, 1.82) is 0 Å². The third-order valence-corrected chi connectivity index (χ3v) is 5.91. The van der Waals surface area contributed by atoms with Crippen LogP contribution in [0.3, 0.4) is 0 Å². The average molecular weight is 493 g/mol. The molecule has 0 saturated carbocycles. The SMILES string of the molecule is COc1ccc(C(=O)Nc2cccc(-n3c(=O)c(Cc4ccccc4)nc4cccnc43)c2)cc1OC. The van der Waals surface area contributed by atoms with Gasteiger partial charge in [0.25, 0.3) is 11.5 Å². The summed E-state index contributed by atoms with van der Waals surface area (Å²) in [6.07, 6.45) is 2.01. The predicted molar refractivity (Wildman–Crippen MR) is 142 cm³/mol. The topological polar surface area (TPSA) is 95.3 Å². The van der Waals surface area contributed by atoms with Crippen LogP contribution < -0.4 is 20.3 Å². The summed E-state index contributed by atoms with van der Waals surface area (Å²) in [5.74, 6) is 0.660. The minimum Gasteiger partial charge on any atom is -0.493 e. The van der Waals surface area contributed by atoms with Crippen LogP contribution in [0.2, 0.25) is 0 Å². The molecule has 0 saturated heterocycles. The summed E-state index contributed by atoms with van der Waals surface area (Å²) in [6.45, 7) is 0. The number of methoxy groups -OCH3 is 2. The summed E-state index contributed by atoms with van der Waals surface area (Å²) in [4.78, 5) is 35.6. The Labute approximate surface area is 213 Å². The van der Waals surface area contributed by atoms with Crippen LogP contribution in [-0.2, 0) is 6.42 Å². The lowest BCUT2D eigenvalue weighted by atomic mass is 10.1. The fourth-order valence-electron chi connectivity index (χ4n) is 4.11. The molecule has 2 aromatic heterocycles. The van der Waals surface area contributed by atoms with Gasteiger partial charge in [0, 0.05) is 23.9 Å². The maximum Gasteiger partial charge on any atom is 0.278 e. The van der Waals surface area contributed by atoms with Crippen molar-refractivity contribution in [2.24, 2.45) is 0 Å². The van der Waals surface area contributed by atoms with E-state index >= 15 is 0 Å². The van der Waals surface area contributed by atoms with E-state index in [0.29, 0.717) is 51.7 Å². The quantitative estimate of drug-likeness (QED) is 0.356. The number of aromatic nitrogens is 3. The minimum atomic E-state index is -0.326. The molecule has 0 aliphatic carbocycles. The number of anilines is 1. The first-order valence-electron chi connectivity index (χ1n) is 11.6.